The number of rotatable bonds is 12. The standard InChI is InChI=1S/C44H28N4S.C43H27N5S/c1-4-13-29(14-5-1)30-23-25-33(26-24-30)43-47-41(40-36-21-10-11-22-39(36)49-44(40)48-43)35-20-12-19-34(27-35)38-28-37(31-15-6-2-7-16-31)45-42(46-38)32-17-8-3-9-18-32;1-4-13-28(14-5-1)29-23-25-32(26-24-29)39-44-38(37-35-21-10-11-22-36(35)49-43(37)48-39)33-19-12-20-34(27-33)42-46-40(30-15-6-2-7-16-30)45-41(47-42)31-17-8-3-9-18-31/h1-28H;1-27H. The molecule has 0 aliphatic carbocycles. The van der Waals surface area contributed by atoms with Crippen molar-refractivity contribution in [1.29, 1.82) is 0 Å². The molecular formula is C87H55N9S2. The number of nitrogens with zero attached hydrogens (tertiary/aromatic N) is 9. The van der Waals surface area contributed by atoms with Crippen molar-refractivity contribution >= 4 is 63.3 Å². The summed E-state index contributed by atoms with van der Waals surface area (Å²) in [5.74, 6) is 3.95. The summed E-state index contributed by atoms with van der Waals surface area (Å²) in [7, 11) is 0. The van der Waals surface area contributed by atoms with Crippen LogP contribution in [-0.4, -0.2) is 44.9 Å². The Hall–Kier alpha value is -12.7. The smallest absolute Gasteiger partial charge is 0.164 e. The van der Waals surface area contributed by atoms with Crippen LogP contribution >= 0.6 is 22.7 Å². The van der Waals surface area contributed by atoms with Crippen LogP contribution in [0.15, 0.2) is 334 Å². The highest BCUT2D eigenvalue weighted by atomic mass is 32.1. The monoisotopic (exact) mass is 1290 g/mol. The van der Waals surface area contributed by atoms with E-state index in [0.717, 1.165) is 121 Å². The van der Waals surface area contributed by atoms with Gasteiger partial charge in [-0.2, -0.15) is 0 Å². The van der Waals surface area contributed by atoms with Crippen LogP contribution in [0.1, 0.15) is 0 Å². The zero-order valence-electron chi connectivity index (χ0n) is 52.6. The third kappa shape index (κ3) is 12.0. The number of benzene rings is 12. The van der Waals surface area contributed by atoms with Gasteiger partial charge in [-0.05, 0) is 52.6 Å². The lowest BCUT2D eigenvalue weighted by molar-refractivity contribution is 1.07. The van der Waals surface area contributed by atoms with Crippen molar-refractivity contribution in [2.24, 2.45) is 0 Å². The van der Waals surface area contributed by atoms with E-state index in [1.54, 1.807) is 22.7 Å². The average molecular weight is 1290 g/mol. The van der Waals surface area contributed by atoms with E-state index in [2.05, 4.69) is 224 Å². The van der Waals surface area contributed by atoms with Gasteiger partial charge in [0, 0.05) is 86.6 Å². The molecule has 18 rings (SSSR count). The Balaban J connectivity index is 0.000000147. The first-order chi connectivity index (χ1) is 48.5. The summed E-state index contributed by atoms with van der Waals surface area (Å²) >= 11 is 3.40. The first-order valence-corrected chi connectivity index (χ1v) is 34.0. The van der Waals surface area contributed by atoms with E-state index in [1.165, 1.54) is 20.5 Å². The molecule has 460 valence electrons. The lowest BCUT2D eigenvalue weighted by Gasteiger charge is -2.12. The molecule has 98 heavy (non-hydrogen) atoms. The topological polar surface area (TPSA) is 116 Å². The fourth-order valence-electron chi connectivity index (χ4n) is 12.4. The molecule has 6 aromatic heterocycles. The van der Waals surface area contributed by atoms with E-state index in [-0.39, 0.29) is 0 Å². The van der Waals surface area contributed by atoms with Gasteiger partial charge in [0.05, 0.1) is 22.8 Å². The van der Waals surface area contributed by atoms with Crippen molar-refractivity contribution < 1.29 is 0 Å². The second-order valence-corrected chi connectivity index (χ2v) is 25.7. The van der Waals surface area contributed by atoms with E-state index in [9.17, 15) is 0 Å². The molecule has 18 aromatic rings. The maximum atomic E-state index is 5.29. The van der Waals surface area contributed by atoms with Gasteiger partial charge in [0.15, 0.2) is 34.9 Å². The quantitative estimate of drug-likeness (QED) is 0.118. The highest BCUT2D eigenvalue weighted by Gasteiger charge is 2.22. The molecule has 0 amide bonds. The van der Waals surface area contributed by atoms with Gasteiger partial charge in [-0.3, -0.25) is 0 Å². The maximum absolute atomic E-state index is 5.29. The molecule has 0 fully saturated rings. The lowest BCUT2D eigenvalue weighted by atomic mass is 10.0. The van der Waals surface area contributed by atoms with Gasteiger partial charge in [0.1, 0.15) is 9.66 Å². The van der Waals surface area contributed by atoms with E-state index in [0.29, 0.717) is 34.9 Å². The third-order valence-electron chi connectivity index (χ3n) is 17.3. The zero-order chi connectivity index (χ0) is 65.1. The molecule has 11 heteroatoms. The Labute approximate surface area is 573 Å². The van der Waals surface area contributed by atoms with Gasteiger partial charge in [-0.25, -0.2) is 44.9 Å². The molecule has 0 N–H and O–H groups in total. The summed E-state index contributed by atoms with van der Waals surface area (Å²) in [6.45, 7) is 0. The zero-order valence-corrected chi connectivity index (χ0v) is 54.2. The number of aromatic nitrogens is 9. The van der Waals surface area contributed by atoms with Crippen LogP contribution in [0, 0.1) is 0 Å². The van der Waals surface area contributed by atoms with Gasteiger partial charge in [0.2, 0.25) is 0 Å². The second-order valence-electron chi connectivity index (χ2n) is 23.6. The maximum Gasteiger partial charge on any atom is 0.164 e. The average Bonchev–Trinajstić information content (AvgIpc) is 1.59. The Kier molecular flexibility index (Phi) is 15.8. The van der Waals surface area contributed by atoms with Crippen LogP contribution < -0.4 is 0 Å². The fourth-order valence-corrected chi connectivity index (χ4v) is 14.6. The SMILES string of the molecule is c1ccc(-c2ccc(-c3nc(-c4cccc(-c5cc(-c6ccccc6)nc(-c6ccccc6)n5)c4)c4c(n3)sc3ccccc34)cc2)cc1.c1ccc(-c2ccc(-c3nc(-c4cccc(-c5nc(-c6ccccc6)nc(-c6ccccc6)n5)c4)c4c(n3)sc3ccccc34)cc2)cc1. The van der Waals surface area contributed by atoms with Crippen LogP contribution in [0.5, 0.6) is 0 Å². The van der Waals surface area contributed by atoms with E-state index >= 15 is 0 Å². The van der Waals surface area contributed by atoms with E-state index < -0.39 is 0 Å². The first-order valence-electron chi connectivity index (χ1n) is 32.3. The van der Waals surface area contributed by atoms with Gasteiger partial charge in [0.25, 0.3) is 0 Å². The van der Waals surface area contributed by atoms with Crippen molar-refractivity contribution in [3.05, 3.63) is 334 Å². The van der Waals surface area contributed by atoms with Crippen molar-refractivity contribution in [2.75, 3.05) is 0 Å². The molecule has 0 aliphatic heterocycles. The van der Waals surface area contributed by atoms with Crippen LogP contribution in [-0.2, 0) is 0 Å². The summed E-state index contributed by atoms with van der Waals surface area (Å²) < 4.78 is 2.37. The molecule has 0 bridgehead atoms. The minimum Gasteiger partial charge on any atom is -0.228 e. The lowest BCUT2D eigenvalue weighted by Crippen LogP contribution is -2.00. The fraction of sp³-hybridized carbons (Fsp3) is 0. The summed E-state index contributed by atoms with van der Waals surface area (Å²) in [6, 6.07) is 114. The highest BCUT2D eigenvalue weighted by Crippen LogP contribution is 2.43. The number of fused-ring (bicyclic) bond motifs is 6. The largest absolute Gasteiger partial charge is 0.228 e. The molecule has 12 aromatic carbocycles. The highest BCUT2D eigenvalue weighted by molar-refractivity contribution is 7.26. The number of hydrogen-bond donors (Lipinski definition) is 0. The molecule has 0 aliphatic rings. The van der Waals surface area contributed by atoms with Crippen LogP contribution in [0.4, 0.5) is 0 Å². The third-order valence-corrected chi connectivity index (χ3v) is 19.5. The molecule has 0 radical (unpaired) electrons. The molecule has 0 atom stereocenters. The van der Waals surface area contributed by atoms with Crippen LogP contribution in [0.2, 0.25) is 0 Å². The van der Waals surface area contributed by atoms with Gasteiger partial charge in [-0.1, -0.05) is 303 Å². The van der Waals surface area contributed by atoms with Crippen molar-refractivity contribution in [3.63, 3.8) is 0 Å². The molecule has 9 nitrogen and oxygen atoms in total. The Morgan fingerprint density at radius 1 is 0.173 bits per heavy atom. The number of hydrogen-bond acceptors (Lipinski definition) is 11. The Morgan fingerprint density at radius 3 is 0.878 bits per heavy atom. The summed E-state index contributed by atoms with van der Waals surface area (Å²) in [5.41, 5.74) is 17.9. The normalized spacial score (nSPS) is 11.3. The molecular weight excluding hydrogens is 1240 g/mol. The van der Waals surface area contributed by atoms with Gasteiger partial charge < -0.3 is 0 Å². The van der Waals surface area contributed by atoms with Crippen LogP contribution in [0.25, 0.3) is 176 Å². The molecule has 0 saturated carbocycles. The van der Waals surface area contributed by atoms with Crippen LogP contribution in [0.3, 0.4) is 0 Å². The van der Waals surface area contributed by atoms with E-state index in [4.69, 9.17) is 44.9 Å². The van der Waals surface area contributed by atoms with Gasteiger partial charge >= 0.3 is 0 Å². The summed E-state index contributed by atoms with van der Waals surface area (Å²) in [6.07, 6.45) is 0. The minimum atomic E-state index is 0.603. The van der Waals surface area contributed by atoms with Crippen molar-refractivity contribution in [3.8, 4) is 136 Å². The predicted molar refractivity (Wildman–Crippen MR) is 404 cm³/mol. The molecule has 0 saturated heterocycles. The first kappa shape index (κ1) is 59.1. The predicted octanol–water partition coefficient (Wildman–Crippen LogP) is 22.7. The minimum absolute atomic E-state index is 0.603. The molecule has 6 heterocycles. The van der Waals surface area contributed by atoms with E-state index in [1.807, 2.05) is 109 Å². The summed E-state index contributed by atoms with van der Waals surface area (Å²) in [5, 5.41) is 4.42. The Bertz CT molecular complexity index is 5420. The van der Waals surface area contributed by atoms with Crippen molar-refractivity contribution in [2.45, 2.75) is 0 Å². The van der Waals surface area contributed by atoms with Crippen molar-refractivity contribution in [1.82, 2.24) is 44.9 Å². The number of thiophene rings is 2. The molecule has 0 spiro atoms. The Morgan fingerprint density at radius 2 is 0.449 bits per heavy atom. The second kappa shape index (κ2) is 26.3. The van der Waals surface area contributed by atoms with Gasteiger partial charge in [-0.15, -0.1) is 22.7 Å². The molecule has 0 unspecified atom stereocenters. The summed E-state index contributed by atoms with van der Waals surface area (Å²) in [4.78, 5) is 47.7.